The number of rotatable bonds is 7. The second-order valence-corrected chi connectivity index (χ2v) is 10.3. The average Bonchev–Trinajstić information content (AvgIpc) is 3.21. The van der Waals surface area contributed by atoms with E-state index in [9.17, 15) is 14.9 Å². The van der Waals surface area contributed by atoms with Crippen molar-refractivity contribution in [2.75, 3.05) is 12.4 Å². The average molecular weight is 504 g/mol. The number of fused-ring (bicyclic) bond motifs is 1. The van der Waals surface area contributed by atoms with Crippen molar-refractivity contribution in [2.45, 2.75) is 58.1 Å². The van der Waals surface area contributed by atoms with Crippen LogP contribution < -0.4 is 15.4 Å². The van der Waals surface area contributed by atoms with E-state index in [0.717, 1.165) is 17.5 Å². The second-order valence-electron chi connectivity index (χ2n) is 10.3. The molecule has 0 heterocycles. The number of nitrogens with one attached hydrogen (secondary N) is 2. The predicted molar refractivity (Wildman–Crippen MR) is 144 cm³/mol. The Hall–Kier alpha value is -4.07. The Morgan fingerprint density at radius 1 is 1.05 bits per heavy atom. The van der Waals surface area contributed by atoms with Crippen molar-refractivity contribution in [1.82, 2.24) is 5.32 Å². The van der Waals surface area contributed by atoms with Gasteiger partial charge in [0.15, 0.2) is 0 Å². The van der Waals surface area contributed by atoms with Gasteiger partial charge in [-0.15, -0.1) is 0 Å². The maximum Gasteiger partial charge on any atom is 0.408 e. The zero-order valence-electron chi connectivity index (χ0n) is 21.9. The van der Waals surface area contributed by atoms with Crippen LogP contribution in [0.2, 0.25) is 0 Å². The van der Waals surface area contributed by atoms with Crippen molar-refractivity contribution in [2.24, 2.45) is 0 Å². The number of carbonyl (C=O) groups excluding carboxylic acids is 1. The molecule has 1 amide bonds. The van der Waals surface area contributed by atoms with Gasteiger partial charge in [-0.1, -0.05) is 37.3 Å². The maximum absolute atomic E-state index is 13.1. The zero-order chi connectivity index (χ0) is 26.8. The summed E-state index contributed by atoms with van der Waals surface area (Å²) in [5.41, 5.74) is 3.94. The number of amides is 1. The number of aryl methyl sites for hydroxylation is 1. The van der Waals surface area contributed by atoms with E-state index in [-0.39, 0.29) is 5.69 Å². The molecule has 0 bridgehead atoms. The van der Waals surface area contributed by atoms with Gasteiger partial charge in [0.25, 0.3) is 5.69 Å². The monoisotopic (exact) mass is 503 g/mol. The lowest BCUT2D eigenvalue weighted by atomic mass is 9.82. The van der Waals surface area contributed by atoms with Crippen molar-refractivity contribution in [3.63, 3.8) is 0 Å². The van der Waals surface area contributed by atoms with Crippen LogP contribution in [-0.4, -0.2) is 23.7 Å². The Kier molecular flexibility index (Phi) is 7.12. The van der Waals surface area contributed by atoms with Crippen LogP contribution in [0, 0.1) is 10.1 Å². The minimum Gasteiger partial charge on any atom is -0.497 e. The van der Waals surface area contributed by atoms with Gasteiger partial charge in [-0.2, -0.15) is 0 Å². The number of anilines is 2. The van der Waals surface area contributed by atoms with Gasteiger partial charge in [0.2, 0.25) is 0 Å². The van der Waals surface area contributed by atoms with Gasteiger partial charge in [-0.25, -0.2) is 4.79 Å². The molecule has 0 atom stereocenters. The van der Waals surface area contributed by atoms with Crippen molar-refractivity contribution in [3.05, 3.63) is 93.0 Å². The molecule has 0 unspecified atom stereocenters. The number of hydrogen-bond acceptors (Lipinski definition) is 6. The molecule has 37 heavy (non-hydrogen) atoms. The number of nitrogens with zero attached hydrogens (tertiary/aromatic N) is 1. The van der Waals surface area contributed by atoms with E-state index >= 15 is 0 Å². The quantitative estimate of drug-likeness (QED) is 0.285. The number of hydrogen-bond donors (Lipinski definition) is 2. The Balaban J connectivity index is 1.78. The maximum atomic E-state index is 13.1. The molecule has 0 saturated heterocycles. The molecule has 0 spiro atoms. The first-order valence-corrected chi connectivity index (χ1v) is 12.3. The van der Waals surface area contributed by atoms with E-state index in [1.54, 1.807) is 12.1 Å². The summed E-state index contributed by atoms with van der Waals surface area (Å²) in [7, 11) is 1.52. The van der Waals surface area contributed by atoms with E-state index in [2.05, 4.69) is 29.7 Å². The molecular weight excluding hydrogens is 470 g/mol. The molecule has 1 aliphatic rings. The van der Waals surface area contributed by atoms with Gasteiger partial charge in [-0.05, 0) is 67.6 Å². The first kappa shape index (κ1) is 26.0. The summed E-state index contributed by atoms with van der Waals surface area (Å²) in [6, 6.07) is 18.6. The molecule has 1 aliphatic carbocycles. The fourth-order valence-electron chi connectivity index (χ4n) is 4.93. The molecule has 8 heteroatoms. The van der Waals surface area contributed by atoms with Gasteiger partial charge in [0.05, 0.1) is 17.6 Å². The lowest BCUT2D eigenvalue weighted by molar-refractivity contribution is -0.383. The summed E-state index contributed by atoms with van der Waals surface area (Å²) in [6.45, 7) is 7.59. The SMILES string of the molecule is CCc1ccc(Nc2cc(OC)ccc2[N+](=O)[O-])cc1C1(NC(=O)OC(C)(C)C)Cc2ccccc2C1. The van der Waals surface area contributed by atoms with E-state index in [0.29, 0.717) is 30.0 Å². The lowest BCUT2D eigenvalue weighted by Gasteiger charge is -2.34. The van der Waals surface area contributed by atoms with Crippen molar-refractivity contribution in [1.29, 1.82) is 0 Å². The Bertz CT molecular complexity index is 1300. The Labute approximate surface area is 217 Å². The number of ether oxygens (including phenoxy) is 2. The molecule has 0 radical (unpaired) electrons. The fraction of sp³-hybridized carbons (Fsp3) is 0.345. The molecule has 0 fully saturated rings. The molecule has 194 valence electrons. The highest BCUT2D eigenvalue weighted by atomic mass is 16.6. The summed E-state index contributed by atoms with van der Waals surface area (Å²) >= 11 is 0. The predicted octanol–water partition coefficient (Wildman–Crippen LogP) is 6.43. The van der Waals surface area contributed by atoms with Crippen LogP contribution in [0.3, 0.4) is 0 Å². The normalized spacial score (nSPS) is 14.0. The summed E-state index contributed by atoms with van der Waals surface area (Å²) in [5, 5.41) is 18.1. The fourth-order valence-corrected chi connectivity index (χ4v) is 4.93. The smallest absolute Gasteiger partial charge is 0.408 e. The van der Waals surface area contributed by atoms with Crippen LogP contribution in [0.4, 0.5) is 21.9 Å². The van der Waals surface area contributed by atoms with E-state index in [1.165, 1.54) is 24.3 Å². The van der Waals surface area contributed by atoms with Crippen LogP contribution in [0.1, 0.15) is 49.9 Å². The third-order valence-corrected chi connectivity index (χ3v) is 6.53. The van der Waals surface area contributed by atoms with Crippen LogP contribution in [0.15, 0.2) is 60.7 Å². The number of nitro groups is 1. The third kappa shape index (κ3) is 5.69. The summed E-state index contributed by atoms with van der Waals surface area (Å²) in [4.78, 5) is 24.3. The van der Waals surface area contributed by atoms with Gasteiger partial charge >= 0.3 is 6.09 Å². The molecule has 0 aliphatic heterocycles. The van der Waals surface area contributed by atoms with E-state index in [1.807, 2.05) is 51.1 Å². The first-order valence-electron chi connectivity index (χ1n) is 12.3. The molecule has 8 nitrogen and oxygen atoms in total. The first-order chi connectivity index (χ1) is 17.5. The molecule has 4 rings (SSSR count). The highest BCUT2D eigenvalue weighted by molar-refractivity contribution is 5.73. The Morgan fingerprint density at radius 2 is 1.73 bits per heavy atom. The highest BCUT2D eigenvalue weighted by Gasteiger charge is 2.42. The van der Waals surface area contributed by atoms with Crippen LogP contribution in [0.25, 0.3) is 0 Å². The van der Waals surface area contributed by atoms with Crippen LogP contribution >= 0.6 is 0 Å². The van der Waals surface area contributed by atoms with Crippen molar-refractivity contribution in [3.8, 4) is 5.75 Å². The summed E-state index contributed by atoms with van der Waals surface area (Å²) in [6.07, 6.45) is 1.49. The standard InChI is InChI=1S/C29H33N3O5/c1-6-19-11-12-22(30-25-16-23(36-5)13-14-26(25)32(34)35)15-24(19)29(31-27(33)37-28(2,3)4)17-20-9-7-8-10-21(20)18-29/h7-16,30H,6,17-18H2,1-5H3,(H,31,33). The second kappa shape index (κ2) is 10.1. The van der Waals surface area contributed by atoms with Crippen LogP contribution in [0.5, 0.6) is 5.75 Å². The number of carbonyl (C=O) groups is 1. The van der Waals surface area contributed by atoms with Crippen molar-refractivity contribution >= 4 is 23.2 Å². The molecule has 3 aromatic rings. The molecular formula is C29H33N3O5. The van der Waals surface area contributed by atoms with E-state index in [4.69, 9.17) is 9.47 Å². The third-order valence-electron chi connectivity index (χ3n) is 6.53. The minimum absolute atomic E-state index is 0.0585. The lowest BCUT2D eigenvalue weighted by Crippen LogP contribution is -2.49. The zero-order valence-corrected chi connectivity index (χ0v) is 21.9. The van der Waals surface area contributed by atoms with Gasteiger partial charge in [-0.3, -0.25) is 10.1 Å². The number of benzene rings is 3. The van der Waals surface area contributed by atoms with Gasteiger partial charge in [0.1, 0.15) is 17.0 Å². The Morgan fingerprint density at radius 3 is 2.30 bits per heavy atom. The molecule has 0 saturated carbocycles. The summed E-state index contributed by atoms with van der Waals surface area (Å²) < 4.78 is 10.9. The van der Waals surface area contributed by atoms with Gasteiger partial charge in [0, 0.05) is 30.7 Å². The van der Waals surface area contributed by atoms with Gasteiger partial charge < -0.3 is 20.1 Å². The summed E-state index contributed by atoms with van der Waals surface area (Å²) in [5.74, 6) is 0.507. The highest BCUT2D eigenvalue weighted by Crippen LogP contribution is 2.41. The topological polar surface area (TPSA) is 103 Å². The molecule has 2 N–H and O–H groups in total. The number of nitro benzene ring substituents is 1. The molecule has 0 aromatic heterocycles. The minimum atomic E-state index is -0.727. The number of methoxy groups -OCH3 is 1. The number of alkyl carbamates (subject to hydrolysis) is 1. The largest absolute Gasteiger partial charge is 0.497 e. The van der Waals surface area contributed by atoms with Crippen LogP contribution in [-0.2, 0) is 29.5 Å². The van der Waals surface area contributed by atoms with Crippen molar-refractivity contribution < 1.29 is 19.2 Å². The molecule has 3 aromatic carbocycles. The van der Waals surface area contributed by atoms with E-state index < -0.39 is 22.2 Å².